The lowest BCUT2D eigenvalue weighted by Gasteiger charge is -2.14. The van der Waals surface area contributed by atoms with Crippen molar-refractivity contribution in [3.8, 4) is 0 Å². The number of rotatable bonds is 7. The minimum atomic E-state index is -4.62. The number of carbonyl (C=O) groups excluding carboxylic acids is 2. The number of unbranched alkanes of at least 4 members (excludes halogenated alkanes) is 1. The van der Waals surface area contributed by atoms with Gasteiger partial charge in [-0.3, -0.25) is 9.59 Å². The maximum absolute atomic E-state index is 13.1. The van der Waals surface area contributed by atoms with Crippen LogP contribution in [0.15, 0.2) is 53.5 Å². The fraction of sp³-hybridized carbons (Fsp3) is 0.292. The molecule has 0 aliphatic rings. The number of fused-ring (bicyclic) bond motifs is 1. The van der Waals surface area contributed by atoms with Gasteiger partial charge in [-0.15, -0.1) is 0 Å². The van der Waals surface area contributed by atoms with Crippen LogP contribution in [0.5, 0.6) is 0 Å². The molecular formula is C24H23F3N2O4. The minimum Gasteiger partial charge on any atom is -0.462 e. The first-order valence-electron chi connectivity index (χ1n) is 10.5. The molecule has 1 N–H and O–H groups in total. The van der Waals surface area contributed by atoms with Crippen LogP contribution in [0.25, 0.3) is 10.9 Å². The van der Waals surface area contributed by atoms with Crippen molar-refractivity contribution in [2.45, 2.75) is 39.4 Å². The number of aromatic nitrogens is 1. The summed E-state index contributed by atoms with van der Waals surface area (Å²) in [5.74, 6) is -1.25. The van der Waals surface area contributed by atoms with Gasteiger partial charge in [0.15, 0.2) is 0 Å². The van der Waals surface area contributed by atoms with E-state index < -0.39 is 29.0 Å². The lowest BCUT2D eigenvalue weighted by Crippen LogP contribution is -2.24. The van der Waals surface area contributed by atoms with E-state index in [2.05, 4.69) is 5.32 Å². The standard InChI is InChI=1S/C24H23F3N2O4/c1-3-5-12-33-23(32)15-6-9-17(10-7-15)28-22(31)19-14-29(4-2)20-11-8-16(24(25,26)27)13-18(20)21(19)30/h6-11,13-14H,3-5,12H2,1-2H3,(H,28,31). The Morgan fingerprint density at radius 2 is 1.76 bits per heavy atom. The summed E-state index contributed by atoms with van der Waals surface area (Å²) in [5, 5.41) is 2.36. The van der Waals surface area contributed by atoms with E-state index in [0.717, 1.165) is 25.0 Å². The first-order chi connectivity index (χ1) is 15.7. The number of anilines is 1. The number of benzene rings is 2. The molecule has 1 aromatic heterocycles. The maximum Gasteiger partial charge on any atom is 0.416 e. The Balaban J connectivity index is 1.88. The summed E-state index contributed by atoms with van der Waals surface area (Å²) in [6, 6.07) is 8.81. The molecule has 0 aliphatic heterocycles. The summed E-state index contributed by atoms with van der Waals surface area (Å²) in [6.07, 6.45) is -1.64. The van der Waals surface area contributed by atoms with E-state index >= 15 is 0 Å². The molecule has 1 heterocycles. The second-order valence-electron chi connectivity index (χ2n) is 7.41. The van der Waals surface area contributed by atoms with E-state index in [1.54, 1.807) is 11.5 Å². The highest BCUT2D eigenvalue weighted by Gasteiger charge is 2.31. The zero-order valence-corrected chi connectivity index (χ0v) is 18.2. The summed E-state index contributed by atoms with van der Waals surface area (Å²) in [7, 11) is 0. The number of alkyl halides is 3. The Kier molecular flexibility index (Phi) is 7.20. The Morgan fingerprint density at radius 3 is 2.36 bits per heavy atom. The summed E-state index contributed by atoms with van der Waals surface area (Å²) in [5.41, 5.74) is -1.12. The predicted molar refractivity (Wildman–Crippen MR) is 118 cm³/mol. The van der Waals surface area contributed by atoms with Crippen molar-refractivity contribution in [1.82, 2.24) is 4.57 Å². The largest absolute Gasteiger partial charge is 0.462 e. The zero-order valence-electron chi connectivity index (χ0n) is 18.2. The van der Waals surface area contributed by atoms with Gasteiger partial charge < -0.3 is 14.6 Å². The van der Waals surface area contributed by atoms with Gasteiger partial charge in [0.2, 0.25) is 5.43 Å². The SMILES string of the molecule is CCCCOC(=O)c1ccc(NC(=O)c2cn(CC)c3ccc(C(F)(F)F)cc3c2=O)cc1. The van der Waals surface area contributed by atoms with E-state index in [0.29, 0.717) is 29.9 Å². The molecule has 0 bridgehead atoms. The van der Waals surface area contributed by atoms with Crippen molar-refractivity contribution < 1.29 is 27.5 Å². The number of pyridine rings is 1. The molecule has 0 fully saturated rings. The van der Waals surface area contributed by atoms with Crippen molar-refractivity contribution in [3.05, 3.63) is 75.6 Å². The van der Waals surface area contributed by atoms with Gasteiger partial charge in [0.25, 0.3) is 5.91 Å². The van der Waals surface area contributed by atoms with Crippen LogP contribution in [0, 0.1) is 0 Å². The molecule has 0 spiro atoms. The Hall–Kier alpha value is -3.62. The topological polar surface area (TPSA) is 77.4 Å². The molecule has 3 rings (SSSR count). The molecule has 0 saturated heterocycles. The number of hydrogen-bond acceptors (Lipinski definition) is 4. The van der Waals surface area contributed by atoms with Crippen molar-refractivity contribution in [1.29, 1.82) is 0 Å². The highest BCUT2D eigenvalue weighted by atomic mass is 19.4. The van der Waals surface area contributed by atoms with Gasteiger partial charge in [0, 0.05) is 23.8 Å². The smallest absolute Gasteiger partial charge is 0.416 e. The summed E-state index contributed by atoms with van der Waals surface area (Å²) in [6.45, 7) is 4.39. The quantitative estimate of drug-likeness (QED) is 0.386. The average Bonchev–Trinajstić information content (AvgIpc) is 2.79. The van der Waals surface area contributed by atoms with Crippen LogP contribution in [0.2, 0.25) is 0 Å². The third-order valence-electron chi connectivity index (χ3n) is 5.10. The number of halogens is 3. The zero-order chi connectivity index (χ0) is 24.2. The molecular weight excluding hydrogens is 437 g/mol. The number of nitrogens with zero attached hydrogens (tertiary/aromatic N) is 1. The molecule has 0 saturated carbocycles. The fourth-order valence-electron chi connectivity index (χ4n) is 3.28. The van der Waals surface area contributed by atoms with Crippen molar-refractivity contribution >= 4 is 28.5 Å². The molecule has 0 radical (unpaired) electrons. The number of ether oxygens (including phenoxy) is 1. The lowest BCUT2D eigenvalue weighted by atomic mass is 10.1. The number of amides is 1. The van der Waals surface area contributed by atoms with Gasteiger partial charge in [0.1, 0.15) is 5.56 Å². The van der Waals surface area contributed by atoms with Gasteiger partial charge in [-0.1, -0.05) is 13.3 Å². The molecule has 9 heteroatoms. The van der Waals surface area contributed by atoms with Crippen molar-refractivity contribution in [2.75, 3.05) is 11.9 Å². The monoisotopic (exact) mass is 460 g/mol. The van der Waals surface area contributed by atoms with Gasteiger partial charge in [0.05, 0.1) is 23.3 Å². The van der Waals surface area contributed by atoms with Crippen LogP contribution in [-0.2, 0) is 17.5 Å². The second kappa shape index (κ2) is 9.89. The maximum atomic E-state index is 13.1. The van der Waals surface area contributed by atoms with Crippen LogP contribution in [0.3, 0.4) is 0 Å². The molecule has 2 aromatic carbocycles. The minimum absolute atomic E-state index is 0.190. The number of aryl methyl sites for hydroxylation is 1. The molecule has 0 unspecified atom stereocenters. The van der Waals surface area contributed by atoms with Crippen LogP contribution in [-0.4, -0.2) is 23.1 Å². The Labute approximate surface area is 188 Å². The van der Waals surface area contributed by atoms with E-state index in [1.165, 1.54) is 36.5 Å². The van der Waals surface area contributed by atoms with E-state index in [9.17, 15) is 27.6 Å². The van der Waals surface area contributed by atoms with Crippen LogP contribution < -0.4 is 10.7 Å². The molecule has 3 aromatic rings. The highest BCUT2D eigenvalue weighted by Crippen LogP contribution is 2.31. The number of hydrogen-bond donors (Lipinski definition) is 1. The molecule has 6 nitrogen and oxygen atoms in total. The Morgan fingerprint density at radius 1 is 1.06 bits per heavy atom. The van der Waals surface area contributed by atoms with E-state index in [1.807, 2.05) is 6.92 Å². The normalized spacial score (nSPS) is 11.4. The number of esters is 1. The Bertz CT molecular complexity index is 1230. The third-order valence-corrected chi connectivity index (χ3v) is 5.10. The first-order valence-corrected chi connectivity index (χ1v) is 10.5. The number of carbonyl (C=O) groups is 2. The van der Waals surface area contributed by atoms with Crippen molar-refractivity contribution in [2.24, 2.45) is 0 Å². The van der Waals surface area contributed by atoms with Gasteiger partial charge in [-0.2, -0.15) is 13.2 Å². The fourth-order valence-corrected chi connectivity index (χ4v) is 3.28. The van der Waals surface area contributed by atoms with E-state index in [4.69, 9.17) is 4.74 Å². The summed E-state index contributed by atoms with van der Waals surface area (Å²) < 4.78 is 46.1. The van der Waals surface area contributed by atoms with E-state index in [-0.39, 0.29) is 10.9 Å². The third kappa shape index (κ3) is 5.42. The summed E-state index contributed by atoms with van der Waals surface area (Å²) in [4.78, 5) is 37.6. The first kappa shape index (κ1) is 24.0. The van der Waals surface area contributed by atoms with Crippen molar-refractivity contribution in [3.63, 3.8) is 0 Å². The highest BCUT2D eigenvalue weighted by molar-refractivity contribution is 6.06. The van der Waals surface area contributed by atoms with Gasteiger partial charge in [-0.05, 0) is 55.8 Å². The van der Waals surface area contributed by atoms with Gasteiger partial charge >= 0.3 is 12.1 Å². The molecule has 174 valence electrons. The number of nitrogens with one attached hydrogen (secondary N) is 1. The van der Waals surface area contributed by atoms with Crippen LogP contribution in [0.1, 0.15) is 53.0 Å². The van der Waals surface area contributed by atoms with Crippen LogP contribution in [0.4, 0.5) is 18.9 Å². The average molecular weight is 460 g/mol. The molecule has 0 aliphatic carbocycles. The predicted octanol–water partition coefficient (Wildman–Crippen LogP) is 5.25. The van der Waals surface area contributed by atoms with Crippen LogP contribution >= 0.6 is 0 Å². The molecule has 33 heavy (non-hydrogen) atoms. The second-order valence-corrected chi connectivity index (χ2v) is 7.41. The summed E-state index contributed by atoms with van der Waals surface area (Å²) >= 11 is 0. The van der Waals surface area contributed by atoms with Gasteiger partial charge in [-0.25, -0.2) is 4.79 Å². The lowest BCUT2D eigenvalue weighted by molar-refractivity contribution is -0.137. The molecule has 0 atom stereocenters. The molecule has 1 amide bonds.